The van der Waals surface area contributed by atoms with Gasteiger partial charge in [0.25, 0.3) is 0 Å². The molecule has 0 radical (unpaired) electrons. The molecule has 1 aliphatic heterocycles. The van der Waals surface area contributed by atoms with Crippen LogP contribution in [0.25, 0.3) is 0 Å². The zero-order valence-electron chi connectivity index (χ0n) is 7.13. The van der Waals surface area contributed by atoms with E-state index in [1.54, 1.807) is 6.20 Å². The first kappa shape index (κ1) is 9.12. The summed E-state index contributed by atoms with van der Waals surface area (Å²) in [7, 11) is 0. The van der Waals surface area contributed by atoms with E-state index in [0.717, 1.165) is 23.1 Å². The molecular formula is C9H11BrN2O. The smallest absolute Gasteiger partial charge is 0.120 e. The molecule has 1 unspecified atom stereocenters. The van der Waals surface area contributed by atoms with Gasteiger partial charge in [-0.2, -0.15) is 0 Å². The normalized spacial score (nSPS) is 27.8. The molecule has 2 heterocycles. The lowest BCUT2D eigenvalue weighted by molar-refractivity contribution is 0.0541. The number of rotatable bonds is 1. The van der Waals surface area contributed by atoms with E-state index in [9.17, 15) is 5.11 Å². The predicted octanol–water partition coefficient (Wildman–Crippen LogP) is 1.02. The molecule has 1 fully saturated rings. The average Bonchev–Trinajstić information content (AvgIpc) is 2.54. The summed E-state index contributed by atoms with van der Waals surface area (Å²) in [5.41, 5.74) is -0.0125. The standard InChI is InChI=1S/C9H11BrN2O/c10-7-1-2-8(12-5-7)9(13)3-4-11-6-9/h1-2,5,11,13H,3-4,6H2. The second-order valence-corrected chi connectivity index (χ2v) is 4.24. The number of halogens is 1. The fraction of sp³-hybridized carbons (Fsp3) is 0.444. The third-order valence-electron chi connectivity index (χ3n) is 2.34. The van der Waals surface area contributed by atoms with Crippen molar-refractivity contribution in [3.63, 3.8) is 0 Å². The SMILES string of the molecule is OC1(c2ccc(Br)cn2)CCNC1. The van der Waals surface area contributed by atoms with Gasteiger partial charge in [-0.15, -0.1) is 0 Å². The van der Waals surface area contributed by atoms with Gasteiger partial charge in [0.1, 0.15) is 5.60 Å². The van der Waals surface area contributed by atoms with Crippen LogP contribution in [0.1, 0.15) is 12.1 Å². The molecule has 3 nitrogen and oxygen atoms in total. The Morgan fingerprint density at radius 1 is 1.54 bits per heavy atom. The molecule has 0 aromatic carbocycles. The van der Waals surface area contributed by atoms with Crippen LogP contribution < -0.4 is 5.32 Å². The van der Waals surface area contributed by atoms with E-state index in [-0.39, 0.29) is 0 Å². The van der Waals surface area contributed by atoms with Gasteiger partial charge in [0, 0.05) is 17.2 Å². The highest BCUT2D eigenvalue weighted by Crippen LogP contribution is 2.26. The van der Waals surface area contributed by atoms with E-state index in [4.69, 9.17) is 0 Å². The molecule has 0 aliphatic carbocycles. The lowest BCUT2D eigenvalue weighted by Gasteiger charge is -2.20. The third kappa shape index (κ3) is 1.75. The molecule has 1 aromatic rings. The van der Waals surface area contributed by atoms with E-state index >= 15 is 0 Å². The van der Waals surface area contributed by atoms with Gasteiger partial charge >= 0.3 is 0 Å². The Bertz CT molecular complexity index is 293. The number of pyridine rings is 1. The van der Waals surface area contributed by atoms with Gasteiger partial charge in [-0.3, -0.25) is 4.98 Å². The number of aromatic nitrogens is 1. The molecule has 1 atom stereocenters. The maximum atomic E-state index is 10.1. The van der Waals surface area contributed by atoms with Crippen LogP contribution in [-0.4, -0.2) is 23.2 Å². The van der Waals surface area contributed by atoms with Crippen molar-refractivity contribution >= 4 is 15.9 Å². The molecule has 0 spiro atoms. The number of aliphatic hydroxyl groups is 1. The molecule has 0 saturated carbocycles. The van der Waals surface area contributed by atoms with Gasteiger partial charge < -0.3 is 10.4 Å². The van der Waals surface area contributed by atoms with Crippen molar-refractivity contribution in [2.24, 2.45) is 0 Å². The molecular weight excluding hydrogens is 232 g/mol. The van der Waals surface area contributed by atoms with Gasteiger partial charge in [0.05, 0.1) is 5.69 Å². The summed E-state index contributed by atoms with van der Waals surface area (Å²) in [5.74, 6) is 0. The van der Waals surface area contributed by atoms with Crippen molar-refractivity contribution in [2.45, 2.75) is 12.0 Å². The van der Waals surface area contributed by atoms with Crippen LogP contribution in [0.2, 0.25) is 0 Å². The topological polar surface area (TPSA) is 45.2 Å². The van der Waals surface area contributed by atoms with E-state index < -0.39 is 5.60 Å². The number of β-amino-alcohol motifs (C(OH)–C–C–N with tert-alkyl or cyclic N) is 1. The van der Waals surface area contributed by atoms with Gasteiger partial charge in [-0.05, 0) is 41.0 Å². The van der Waals surface area contributed by atoms with Crippen molar-refractivity contribution in [2.75, 3.05) is 13.1 Å². The largest absolute Gasteiger partial charge is 0.382 e. The molecule has 4 heteroatoms. The van der Waals surface area contributed by atoms with Crippen molar-refractivity contribution in [3.8, 4) is 0 Å². The number of nitrogens with one attached hydrogen (secondary N) is 1. The zero-order valence-corrected chi connectivity index (χ0v) is 8.71. The summed E-state index contributed by atoms with van der Waals surface area (Å²) in [4.78, 5) is 4.20. The van der Waals surface area contributed by atoms with E-state index in [1.165, 1.54) is 0 Å². The van der Waals surface area contributed by atoms with E-state index in [0.29, 0.717) is 6.54 Å². The fourth-order valence-corrected chi connectivity index (χ4v) is 1.78. The van der Waals surface area contributed by atoms with Crippen LogP contribution in [0.3, 0.4) is 0 Å². The molecule has 1 aliphatic rings. The fourth-order valence-electron chi connectivity index (χ4n) is 1.55. The molecule has 13 heavy (non-hydrogen) atoms. The Labute approximate surface area is 85.3 Å². The van der Waals surface area contributed by atoms with Gasteiger partial charge in [-0.1, -0.05) is 0 Å². The van der Waals surface area contributed by atoms with Gasteiger partial charge in [0.15, 0.2) is 0 Å². The van der Waals surface area contributed by atoms with Gasteiger partial charge in [0.2, 0.25) is 0 Å². The van der Waals surface area contributed by atoms with Crippen LogP contribution in [0.5, 0.6) is 0 Å². The first-order valence-electron chi connectivity index (χ1n) is 4.26. The minimum Gasteiger partial charge on any atom is -0.382 e. The molecule has 70 valence electrons. The Morgan fingerprint density at radius 2 is 2.38 bits per heavy atom. The third-order valence-corrected chi connectivity index (χ3v) is 2.81. The minimum atomic E-state index is -0.763. The van der Waals surface area contributed by atoms with Crippen molar-refractivity contribution in [3.05, 3.63) is 28.5 Å². The first-order chi connectivity index (χ1) is 6.21. The van der Waals surface area contributed by atoms with Crippen molar-refractivity contribution in [1.82, 2.24) is 10.3 Å². The summed E-state index contributed by atoms with van der Waals surface area (Å²) in [6.07, 6.45) is 2.45. The Morgan fingerprint density at radius 3 is 2.92 bits per heavy atom. The highest BCUT2D eigenvalue weighted by molar-refractivity contribution is 9.10. The molecule has 1 aromatic heterocycles. The van der Waals surface area contributed by atoms with Crippen molar-refractivity contribution < 1.29 is 5.11 Å². The number of hydrogen-bond acceptors (Lipinski definition) is 3. The predicted molar refractivity (Wildman–Crippen MR) is 53.3 cm³/mol. The van der Waals surface area contributed by atoms with Crippen LogP contribution >= 0.6 is 15.9 Å². The van der Waals surface area contributed by atoms with Crippen LogP contribution in [-0.2, 0) is 5.60 Å². The lowest BCUT2D eigenvalue weighted by atomic mass is 9.98. The van der Waals surface area contributed by atoms with Crippen LogP contribution in [0.4, 0.5) is 0 Å². The maximum Gasteiger partial charge on any atom is 0.120 e. The quantitative estimate of drug-likeness (QED) is 0.774. The Hall–Kier alpha value is -0.450. The molecule has 0 amide bonds. The Kier molecular flexibility index (Phi) is 2.36. The Balaban J connectivity index is 2.29. The summed E-state index contributed by atoms with van der Waals surface area (Å²) in [6.45, 7) is 1.45. The summed E-state index contributed by atoms with van der Waals surface area (Å²) in [5, 5.41) is 13.2. The van der Waals surface area contributed by atoms with Gasteiger partial charge in [-0.25, -0.2) is 0 Å². The lowest BCUT2D eigenvalue weighted by Crippen LogP contribution is -2.29. The molecule has 2 N–H and O–H groups in total. The summed E-state index contributed by atoms with van der Waals surface area (Å²) in [6, 6.07) is 3.76. The first-order valence-corrected chi connectivity index (χ1v) is 5.05. The second-order valence-electron chi connectivity index (χ2n) is 3.32. The molecule has 0 bridgehead atoms. The monoisotopic (exact) mass is 242 g/mol. The van der Waals surface area contributed by atoms with Crippen molar-refractivity contribution in [1.29, 1.82) is 0 Å². The summed E-state index contributed by atoms with van der Waals surface area (Å²) < 4.78 is 0.936. The maximum absolute atomic E-state index is 10.1. The van der Waals surface area contributed by atoms with Crippen LogP contribution in [0, 0.1) is 0 Å². The van der Waals surface area contributed by atoms with E-state index in [1.807, 2.05) is 12.1 Å². The highest BCUT2D eigenvalue weighted by Gasteiger charge is 2.33. The summed E-state index contributed by atoms with van der Waals surface area (Å²) >= 11 is 3.31. The number of nitrogens with zero attached hydrogens (tertiary/aromatic N) is 1. The van der Waals surface area contributed by atoms with E-state index in [2.05, 4.69) is 26.2 Å². The average molecular weight is 243 g/mol. The number of hydrogen-bond donors (Lipinski definition) is 2. The second kappa shape index (κ2) is 3.36. The zero-order chi connectivity index (χ0) is 9.31. The minimum absolute atomic E-state index is 0.599. The van der Waals surface area contributed by atoms with Crippen LogP contribution in [0.15, 0.2) is 22.8 Å². The molecule has 2 rings (SSSR count). The molecule has 1 saturated heterocycles. The highest BCUT2D eigenvalue weighted by atomic mass is 79.9.